The fourth-order valence-electron chi connectivity index (χ4n) is 2.25. The average molecular weight is 370 g/mol. The van der Waals surface area contributed by atoms with Crippen LogP contribution in [0.15, 0.2) is 35.7 Å². The van der Waals surface area contributed by atoms with Gasteiger partial charge in [-0.05, 0) is 41.1 Å². The van der Waals surface area contributed by atoms with Gasteiger partial charge < -0.3 is 4.74 Å². The zero-order chi connectivity index (χ0) is 12.5. The highest BCUT2D eigenvalue weighted by molar-refractivity contribution is 14.1. The summed E-state index contributed by atoms with van der Waals surface area (Å²) < 4.78 is 6.74. The number of fused-ring (bicyclic) bond motifs is 1. The van der Waals surface area contributed by atoms with E-state index >= 15 is 0 Å². The van der Waals surface area contributed by atoms with E-state index in [9.17, 15) is 4.79 Å². The number of thiophene rings is 1. The molecule has 0 saturated heterocycles. The highest BCUT2D eigenvalue weighted by Crippen LogP contribution is 2.36. The second-order valence-electron chi connectivity index (χ2n) is 4.23. The summed E-state index contributed by atoms with van der Waals surface area (Å²) in [5, 5.41) is 1.95. The lowest BCUT2D eigenvalue weighted by Crippen LogP contribution is -2.21. The Morgan fingerprint density at radius 3 is 3.00 bits per heavy atom. The first-order valence-electron chi connectivity index (χ1n) is 5.75. The van der Waals surface area contributed by atoms with Gasteiger partial charge in [-0.1, -0.05) is 18.2 Å². The molecule has 1 unspecified atom stereocenters. The van der Waals surface area contributed by atoms with E-state index in [4.69, 9.17) is 4.74 Å². The summed E-state index contributed by atoms with van der Waals surface area (Å²) in [5.41, 5.74) is 1.85. The van der Waals surface area contributed by atoms with Crippen LogP contribution in [0.2, 0.25) is 0 Å². The van der Waals surface area contributed by atoms with Crippen molar-refractivity contribution < 1.29 is 9.53 Å². The van der Waals surface area contributed by atoms with Gasteiger partial charge in [0, 0.05) is 16.5 Å². The molecule has 1 atom stereocenters. The summed E-state index contributed by atoms with van der Waals surface area (Å²) in [4.78, 5) is 12.5. The Kier molecular flexibility index (Phi) is 3.39. The lowest BCUT2D eigenvalue weighted by atomic mass is 9.87. The van der Waals surface area contributed by atoms with Crippen LogP contribution in [0.3, 0.4) is 0 Å². The molecule has 0 N–H and O–H groups in total. The predicted molar refractivity (Wildman–Crippen MR) is 80.7 cm³/mol. The number of hydrogen-bond acceptors (Lipinski definition) is 3. The molecule has 18 heavy (non-hydrogen) atoms. The van der Waals surface area contributed by atoms with Crippen molar-refractivity contribution in [2.24, 2.45) is 0 Å². The molecule has 1 aromatic heterocycles. The number of Topliss-reactive ketones (excluding diaryl/α,β-unsaturated/α-hetero) is 1. The Bertz CT molecular complexity index is 591. The second-order valence-corrected chi connectivity index (χ2v) is 7.04. The number of rotatable bonds is 2. The van der Waals surface area contributed by atoms with Crippen LogP contribution in [0.4, 0.5) is 0 Å². The molecule has 92 valence electrons. The van der Waals surface area contributed by atoms with Crippen LogP contribution in [0.25, 0.3) is 0 Å². The molecule has 0 amide bonds. The molecule has 3 rings (SSSR count). The van der Waals surface area contributed by atoms with Gasteiger partial charge >= 0.3 is 0 Å². The fourth-order valence-corrected chi connectivity index (χ4v) is 3.59. The van der Waals surface area contributed by atoms with Crippen molar-refractivity contribution in [3.8, 4) is 5.75 Å². The molecule has 0 spiro atoms. The molecule has 2 aromatic rings. The number of hydrogen-bond donors (Lipinski definition) is 0. The average Bonchev–Trinajstić information content (AvgIpc) is 2.84. The van der Waals surface area contributed by atoms with Gasteiger partial charge in [-0.25, -0.2) is 0 Å². The predicted octanol–water partition coefficient (Wildman–Crippen LogP) is 4.10. The van der Waals surface area contributed by atoms with E-state index in [-0.39, 0.29) is 11.7 Å². The summed E-state index contributed by atoms with van der Waals surface area (Å²) in [6.07, 6.45) is 0.766. The highest BCUT2D eigenvalue weighted by atomic mass is 127. The first-order valence-corrected chi connectivity index (χ1v) is 7.71. The van der Waals surface area contributed by atoms with E-state index in [0.717, 1.165) is 26.2 Å². The normalized spacial score (nSPS) is 17.9. The van der Waals surface area contributed by atoms with E-state index in [1.807, 2.05) is 35.7 Å². The number of ether oxygens (including phenoxy) is 1. The zero-order valence-electron chi connectivity index (χ0n) is 9.56. The molecule has 2 nitrogen and oxygen atoms in total. The number of para-hydroxylation sites is 1. The maximum absolute atomic E-state index is 12.5. The summed E-state index contributed by atoms with van der Waals surface area (Å²) in [6, 6.07) is 9.80. The van der Waals surface area contributed by atoms with E-state index in [2.05, 4.69) is 22.6 Å². The van der Waals surface area contributed by atoms with E-state index < -0.39 is 0 Å². The molecule has 1 aromatic carbocycles. The molecule has 0 radical (unpaired) electrons. The number of halogens is 1. The van der Waals surface area contributed by atoms with Crippen molar-refractivity contribution in [2.75, 3.05) is 6.61 Å². The summed E-state index contributed by atoms with van der Waals surface area (Å²) in [7, 11) is 0. The van der Waals surface area contributed by atoms with Crippen LogP contribution in [0.5, 0.6) is 5.75 Å². The van der Waals surface area contributed by atoms with Crippen molar-refractivity contribution in [1.29, 1.82) is 0 Å². The molecule has 2 heterocycles. The Morgan fingerprint density at radius 1 is 1.39 bits per heavy atom. The van der Waals surface area contributed by atoms with Gasteiger partial charge in [0.15, 0.2) is 5.78 Å². The lowest BCUT2D eigenvalue weighted by molar-refractivity contribution is 0.0933. The van der Waals surface area contributed by atoms with Gasteiger partial charge in [-0.3, -0.25) is 4.79 Å². The first kappa shape index (κ1) is 12.2. The number of carbonyl (C=O) groups is 1. The van der Waals surface area contributed by atoms with Crippen molar-refractivity contribution in [3.63, 3.8) is 0 Å². The third kappa shape index (κ3) is 2.19. The van der Waals surface area contributed by atoms with Gasteiger partial charge in [0.2, 0.25) is 0 Å². The van der Waals surface area contributed by atoms with Crippen LogP contribution < -0.4 is 4.74 Å². The Labute approximate surface area is 123 Å². The van der Waals surface area contributed by atoms with Gasteiger partial charge in [0.25, 0.3) is 0 Å². The molecule has 0 bridgehead atoms. The molecular weight excluding hydrogens is 359 g/mol. The molecule has 4 heteroatoms. The zero-order valence-corrected chi connectivity index (χ0v) is 12.5. The van der Waals surface area contributed by atoms with Crippen LogP contribution in [-0.2, 0) is 0 Å². The Hall–Kier alpha value is -0.880. The SMILES string of the molecule is O=C(c1csc(I)c1)C1CCOc2ccccc21. The highest BCUT2D eigenvalue weighted by Gasteiger charge is 2.28. The molecular formula is C14H11IO2S. The van der Waals surface area contributed by atoms with Crippen LogP contribution in [-0.4, -0.2) is 12.4 Å². The largest absolute Gasteiger partial charge is 0.493 e. The first-order chi connectivity index (χ1) is 8.75. The van der Waals surface area contributed by atoms with Crippen LogP contribution >= 0.6 is 33.9 Å². The molecule has 0 saturated carbocycles. The number of carbonyl (C=O) groups excluding carboxylic acids is 1. The Morgan fingerprint density at radius 2 is 2.22 bits per heavy atom. The smallest absolute Gasteiger partial charge is 0.171 e. The maximum Gasteiger partial charge on any atom is 0.171 e. The fraction of sp³-hybridized carbons (Fsp3) is 0.214. The monoisotopic (exact) mass is 370 g/mol. The number of ketones is 1. The van der Waals surface area contributed by atoms with Crippen molar-refractivity contribution in [2.45, 2.75) is 12.3 Å². The van der Waals surface area contributed by atoms with Gasteiger partial charge in [-0.2, -0.15) is 0 Å². The topological polar surface area (TPSA) is 26.3 Å². The van der Waals surface area contributed by atoms with Gasteiger partial charge in [0.05, 0.1) is 15.4 Å². The van der Waals surface area contributed by atoms with E-state index in [1.165, 1.54) is 0 Å². The van der Waals surface area contributed by atoms with Crippen LogP contribution in [0.1, 0.15) is 28.3 Å². The van der Waals surface area contributed by atoms with Gasteiger partial charge in [0.1, 0.15) is 5.75 Å². The molecule has 0 aliphatic carbocycles. The lowest BCUT2D eigenvalue weighted by Gasteiger charge is -2.24. The maximum atomic E-state index is 12.5. The van der Waals surface area contributed by atoms with Crippen LogP contribution in [0, 0.1) is 2.88 Å². The van der Waals surface area contributed by atoms with E-state index in [1.54, 1.807) is 11.3 Å². The standard InChI is InChI=1S/C14H11IO2S/c15-13-7-9(8-18-13)14(16)11-5-6-17-12-4-2-1-3-10(11)12/h1-4,7-8,11H,5-6H2. The Balaban J connectivity index is 1.96. The number of benzene rings is 1. The summed E-state index contributed by atoms with van der Waals surface area (Å²) in [5.74, 6) is 1.01. The third-order valence-corrected chi connectivity index (χ3v) is 4.92. The third-order valence-electron chi connectivity index (χ3n) is 3.13. The van der Waals surface area contributed by atoms with Gasteiger partial charge in [-0.15, -0.1) is 11.3 Å². The minimum atomic E-state index is -0.0552. The van der Waals surface area contributed by atoms with Crippen molar-refractivity contribution >= 4 is 39.7 Å². The summed E-state index contributed by atoms with van der Waals surface area (Å²) in [6.45, 7) is 0.620. The molecule has 0 fully saturated rings. The minimum Gasteiger partial charge on any atom is -0.493 e. The van der Waals surface area contributed by atoms with E-state index in [0.29, 0.717) is 6.61 Å². The molecule has 1 aliphatic heterocycles. The summed E-state index contributed by atoms with van der Waals surface area (Å²) >= 11 is 3.86. The minimum absolute atomic E-state index is 0.0552. The second kappa shape index (κ2) is 5.01. The van der Waals surface area contributed by atoms with Crippen molar-refractivity contribution in [3.05, 3.63) is 49.7 Å². The molecule has 1 aliphatic rings. The van der Waals surface area contributed by atoms with Crippen molar-refractivity contribution in [1.82, 2.24) is 0 Å². The quantitative estimate of drug-likeness (QED) is 0.588.